The molecule has 0 aromatic rings. The number of ether oxygens (including phenoxy) is 1. The summed E-state index contributed by atoms with van der Waals surface area (Å²) < 4.78 is 5.16. The predicted octanol–water partition coefficient (Wildman–Crippen LogP) is 1.02. The van der Waals surface area contributed by atoms with Crippen LogP contribution in [-0.2, 0) is 4.74 Å². The van der Waals surface area contributed by atoms with E-state index < -0.39 is 6.10 Å². The Balaban J connectivity index is 2.54. The first-order chi connectivity index (χ1) is 6.13. The van der Waals surface area contributed by atoms with Crippen LogP contribution >= 0.6 is 0 Å². The normalized spacial score (nSPS) is 22.1. The topological polar surface area (TPSA) is 55.5 Å². The number of hydrogen-bond acceptors (Lipinski definition) is 3. The second-order valence-corrected chi connectivity index (χ2v) is 3.93. The lowest BCUT2D eigenvalue weighted by molar-refractivity contribution is 0.133. The van der Waals surface area contributed by atoms with Crippen molar-refractivity contribution in [2.24, 2.45) is 11.7 Å². The van der Waals surface area contributed by atoms with E-state index in [0.717, 1.165) is 25.0 Å². The maximum atomic E-state index is 9.84. The molecule has 3 N–H and O–H groups in total. The molecule has 1 rings (SSSR count). The molecule has 0 aromatic carbocycles. The smallest absolute Gasteiger partial charge is 0.0935 e. The van der Waals surface area contributed by atoms with E-state index in [0.29, 0.717) is 0 Å². The van der Waals surface area contributed by atoms with Crippen molar-refractivity contribution in [3.05, 3.63) is 11.8 Å². The second kappa shape index (κ2) is 4.63. The maximum Gasteiger partial charge on any atom is 0.0935 e. The Morgan fingerprint density at radius 2 is 2.23 bits per heavy atom. The highest BCUT2D eigenvalue weighted by atomic mass is 16.5. The highest BCUT2D eigenvalue weighted by Crippen LogP contribution is 2.19. The average molecular weight is 185 g/mol. The minimum atomic E-state index is -0.541. The van der Waals surface area contributed by atoms with Crippen LogP contribution in [0.25, 0.3) is 0 Å². The Labute approximate surface area is 79.6 Å². The molecule has 1 heterocycles. The summed E-state index contributed by atoms with van der Waals surface area (Å²) in [5.41, 5.74) is 6.78. The summed E-state index contributed by atoms with van der Waals surface area (Å²) in [6, 6.07) is -0.187. The molecule has 13 heavy (non-hydrogen) atoms. The predicted molar refractivity (Wildman–Crippen MR) is 52.1 cm³/mol. The van der Waals surface area contributed by atoms with Crippen molar-refractivity contribution in [1.29, 1.82) is 0 Å². The molecular weight excluding hydrogens is 166 g/mol. The summed E-state index contributed by atoms with van der Waals surface area (Å²) in [6.45, 7) is 4.78. The van der Waals surface area contributed by atoms with Crippen LogP contribution < -0.4 is 5.73 Å². The van der Waals surface area contributed by atoms with Gasteiger partial charge in [-0.05, 0) is 24.3 Å². The van der Waals surface area contributed by atoms with E-state index in [1.807, 2.05) is 13.8 Å². The third kappa shape index (κ3) is 2.71. The molecule has 2 unspecified atom stereocenters. The molecule has 0 radical (unpaired) electrons. The van der Waals surface area contributed by atoms with Gasteiger partial charge in [-0.2, -0.15) is 0 Å². The summed E-state index contributed by atoms with van der Waals surface area (Å²) in [5.74, 6) is 0.290. The van der Waals surface area contributed by atoms with Crippen molar-refractivity contribution in [3.63, 3.8) is 0 Å². The lowest BCUT2D eigenvalue weighted by atomic mass is 9.92. The SMILES string of the molecule is CC(C)C(N)C(O)C1=COCCC1. The summed E-state index contributed by atoms with van der Waals surface area (Å²) in [7, 11) is 0. The lowest BCUT2D eigenvalue weighted by Crippen LogP contribution is -2.40. The van der Waals surface area contributed by atoms with Gasteiger partial charge in [0.2, 0.25) is 0 Å². The number of hydrogen-bond donors (Lipinski definition) is 2. The first-order valence-corrected chi connectivity index (χ1v) is 4.87. The van der Waals surface area contributed by atoms with E-state index in [4.69, 9.17) is 10.5 Å². The zero-order valence-electron chi connectivity index (χ0n) is 8.36. The third-order valence-corrected chi connectivity index (χ3v) is 2.48. The van der Waals surface area contributed by atoms with Crippen LogP contribution in [0.3, 0.4) is 0 Å². The van der Waals surface area contributed by atoms with Gasteiger partial charge in [0, 0.05) is 6.04 Å². The summed E-state index contributed by atoms with van der Waals surface area (Å²) >= 11 is 0. The van der Waals surface area contributed by atoms with Gasteiger partial charge in [-0.3, -0.25) is 0 Å². The van der Waals surface area contributed by atoms with E-state index in [9.17, 15) is 5.11 Å². The van der Waals surface area contributed by atoms with Crippen LogP contribution in [0, 0.1) is 5.92 Å². The molecule has 0 saturated carbocycles. The summed E-state index contributed by atoms with van der Waals surface area (Å²) in [4.78, 5) is 0. The van der Waals surface area contributed by atoms with Crippen molar-refractivity contribution >= 4 is 0 Å². The quantitative estimate of drug-likeness (QED) is 0.690. The van der Waals surface area contributed by atoms with Gasteiger partial charge in [-0.1, -0.05) is 13.8 Å². The molecule has 0 amide bonds. The van der Waals surface area contributed by atoms with Gasteiger partial charge < -0.3 is 15.6 Å². The molecule has 1 aliphatic heterocycles. The Morgan fingerprint density at radius 1 is 1.54 bits per heavy atom. The molecule has 3 nitrogen and oxygen atoms in total. The molecule has 0 fully saturated rings. The molecule has 1 aliphatic rings. The fourth-order valence-electron chi connectivity index (χ4n) is 1.41. The van der Waals surface area contributed by atoms with Gasteiger partial charge in [0.25, 0.3) is 0 Å². The largest absolute Gasteiger partial charge is 0.501 e. The van der Waals surface area contributed by atoms with E-state index in [-0.39, 0.29) is 12.0 Å². The lowest BCUT2D eigenvalue weighted by Gasteiger charge is -2.26. The highest BCUT2D eigenvalue weighted by Gasteiger charge is 2.23. The minimum Gasteiger partial charge on any atom is -0.501 e. The van der Waals surface area contributed by atoms with Gasteiger partial charge in [-0.15, -0.1) is 0 Å². The van der Waals surface area contributed by atoms with Gasteiger partial charge in [0.05, 0.1) is 19.0 Å². The Kier molecular flexibility index (Phi) is 3.75. The third-order valence-electron chi connectivity index (χ3n) is 2.48. The highest BCUT2D eigenvalue weighted by molar-refractivity contribution is 5.10. The van der Waals surface area contributed by atoms with Crippen LogP contribution in [-0.4, -0.2) is 23.9 Å². The first-order valence-electron chi connectivity index (χ1n) is 4.87. The fourth-order valence-corrected chi connectivity index (χ4v) is 1.41. The number of rotatable bonds is 3. The Hall–Kier alpha value is -0.540. The summed E-state index contributed by atoms with van der Waals surface area (Å²) in [5, 5.41) is 9.84. The number of aliphatic hydroxyl groups excluding tert-OH is 1. The Morgan fingerprint density at radius 3 is 2.69 bits per heavy atom. The number of nitrogens with two attached hydrogens (primary N) is 1. The van der Waals surface area contributed by atoms with E-state index in [1.54, 1.807) is 6.26 Å². The van der Waals surface area contributed by atoms with Crippen LogP contribution in [0.5, 0.6) is 0 Å². The van der Waals surface area contributed by atoms with Crippen molar-refractivity contribution in [2.75, 3.05) is 6.61 Å². The second-order valence-electron chi connectivity index (χ2n) is 3.93. The molecule has 0 aromatic heterocycles. The fraction of sp³-hybridized carbons (Fsp3) is 0.800. The van der Waals surface area contributed by atoms with Crippen LogP contribution in [0.1, 0.15) is 26.7 Å². The monoisotopic (exact) mass is 185 g/mol. The van der Waals surface area contributed by atoms with E-state index in [2.05, 4.69) is 0 Å². The zero-order chi connectivity index (χ0) is 9.84. The van der Waals surface area contributed by atoms with Gasteiger partial charge in [-0.25, -0.2) is 0 Å². The maximum absolute atomic E-state index is 9.84. The van der Waals surface area contributed by atoms with Gasteiger partial charge >= 0.3 is 0 Å². The van der Waals surface area contributed by atoms with Gasteiger partial charge in [0.15, 0.2) is 0 Å². The molecule has 0 bridgehead atoms. The standard InChI is InChI=1S/C10H19NO2/c1-7(2)9(11)10(12)8-4-3-5-13-6-8/h6-7,9-10,12H,3-5,11H2,1-2H3. The molecule has 0 saturated heterocycles. The molecule has 76 valence electrons. The average Bonchev–Trinajstić information content (AvgIpc) is 2.17. The van der Waals surface area contributed by atoms with Crippen LogP contribution in [0.15, 0.2) is 11.8 Å². The van der Waals surface area contributed by atoms with Crippen molar-refractivity contribution in [3.8, 4) is 0 Å². The van der Waals surface area contributed by atoms with Crippen molar-refractivity contribution in [1.82, 2.24) is 0 Å². The van der Waals surface area contributed by atoms with Crippen LogP contribution in [0.2, 0.25) is 0 Å². The molecule has 0 spiro atoms. The van der Waals surface area contributed by atoms with Crippen molar-refractivity contribution in [2.45, 2.75) is 38.8 Å². The van der Waals surface area contributed by atoms with Gasteiger partial charge in [0.1, 0.15) is 0 Å². The molecule has 2 atom stereocenters. The first kappa shape index (κ1) is 10.5. The van der Waals surface area contributed by atoms with E-state index in [1.165, 1.54) is 0 Å². The molecular formula is C10H19NO2. The van der Waals surface area contributed by atoms with Crippen LogP contribution in [0.4, 0.5) is 0 Å². The Bertz CT molecular complexity index is 189. The zero-order valence-corrected chi connectivity index (χ0v) is 8.36. The number of aliphatic hydroxyl groups is 1. The molecule has 0 aliphatic carbocycles. The molecule has 3 heteroatoms. The summed E-state index contributed by atoms with van der Waals surface area (Å²) in [6.07, 6.45) is 3.01. The minimum absolute atomic E-state index is 0.187. The van der Waals surface area contributed by atoms with E-state index >= 15 is 0 Å². The van der Waals surface area contributed by atoms with Crippen molar-refractivity contribution < 1.29 is 9.84 Å².